The molecule has 0 aliphatic carbocycles. The maximum atomic E-state index is 11.7. The quantitative estimate of drug-likeness (QED) is 0.572. The van der Waals surface area contributed by atoms with Gasteiger partial charge in [-0.05, 0) is 12.1 Å². The zero-order valence-corrected chi connectivity index (χ0v) is 9.24. The van der Waals surface area contributed by atoms with Gasteiger partial charge in [-0.2, -0.15) is 0 Å². The third-order valence-corrected chi connectivity index (χ3v) is 3.81. The van der Waals surface area contributed by atoms with Crippen LogP contribution in [0.1, 0.15) is 5.56 Å². The van der Waals surface area contributed by atoms with Crippen LogP contribution in [-0.2, 0) is 19.4 Å². The van der Waals surface area contributed by atoms with E-state index in [0.29, 0.717) is 0 Å². The highest BCUT2D eigenvalue weighted by Crippen LogP contribution is 2.37. The molecule has 1 heterocycles. The molecule has 0 aromatic heterocycles. The lowest BCUT2D eigenvalue weighted by molar-refractivity contribution is -0.133. The minimum Gasteiger partial charge on any atom is -0.465 e. The first-order valence-corrected chi connectivity index (χ1v) is 5.96. The van der Waals surface area contributed by atoms with Crippen LogP contribution in [0, 0.1) is 0 Å². The molecule has 0 bridgehead atoms. The fourth-order valence-corrected chi connectivity index (χ4v) is 3.04. The molecular weight excluding hydrogens is 230 g/mol. The van der Waals surface area contributed by atoms with Crippen molar-refractivity contribution in [3.8, 4) is 0 Å². The van der Waals surface area contributed by atoms with Crippen LogP contribution in [0.25, 0.3) is 5.57 Å². The molecule has 1 aliphatic rings. The Labute approximate surface area is 92.4 Å². The molecule has 0 atom stereocenters. The monoisotopic (exact) mass is 239 g/mol. The number of nitrogens with two attached hydrogens (primary N) is 1. The van der Waals surface area contributed by atoms with Gasteiger partial charge in [0.2, 0.25) is 9.84 Å². The van der Waals surface area contributed by atoms with E-state index in [1.54, 1.807) is 0 Å². The molecule has 1 aromatic carbocycles. The lowest BCUT2D eigenvalue weighted by atomic mass is 10.1. The largest absolute Gasteiger partial charge is 0.465 e. The van der Waals surface area contributed by atoms with E-state index in [1.807, 2.05) is 0 Å². The van der Waals surface area contributed by atoms with Gasteiger partial charge in [-0.15, -0.1) is 0 Å². The number of ether oxygens (including phenoxy) is 1. The predicted octanol–water partition coefficient (Wildman–Crippen LogP) is 0.570. The second-order valence-electron chi connectivity index (χ2n) is 3.29. The summed E-state index contributed by atoms with van der Waals surface area (Å²) < 4.78 is 27.9. The Morgan fingerprint density at radius 2 is 2.06 bits per heavy atom. The van der Waals surface area contributed by atoms with E-state index in [0.717, 1.165) is 5.41 Å². The van der Waals surface area contributed by atoms with Crippen LogP contribution >= 0.6 is 0 Å². The van der Waals surface area contributed by atoms with Crippen LogP contribution in [-0.4, -0.2) is 21.5 Å². The van der Waals surface area contributed by atoms with Gasteiger partial charge in [0.05, 0.1) is 23.0 Å². The van der Waals surface area contributed by atoms with Gasteiger partial charge in [0, 0.05) is 11.3 Å². The lowest BCUT2D eigenvalue weighted by Gasteiger charge is -2.05. The normalized spacial score (nSPS) is 16.4. The third kappa shape index (κ3) is 1.38. The van der Waals surface area contributed by atoms with Crippen LogP contribution in [0.3, 0.4) is 0 Å². The van der Waals surface area contributed by atoms with Crippen molar-refractivity contribution < 1.29 is 17.9 Å². The zero-order chi connectivity index (χ0) is 11.9. The first-order valence-electron chi connectivity index (χ1n) is 4.41. The molecule has 1 aliphatic heterocycles. The van der Waals surface area contributed by atoms with Crippen molar-refractivity contribution in [2.45, 2.75) is 4.90 Å². The average Bonchev–Trinajstić information content (AvgIpc) is 2.52. The first kappa shape index (κ1) is 10.7. The van der Waals surface area contributed by atoms with Crippen molar-refractivity contribution >= 4 is 27.1 Å². The molecule has 84 valence electrons. The summed E-state index contributed by atoms with van der Waals surface area (Å²) in [7, 11) is -2.39. The van der Waals surface area contributed by atoms with E-state index >= 15 is 0 Å². The van der Waals surface area contributed by atoms with Crippen LogP contribution < -0.4 is 5.73 Å². The Kier molecular flexibility index (Phi) is 2.23. The smallest absolute Gasteiger partial charge is 0.339 e. The van der Waals surface area contributed by atoms with E-state index in [2.05, 4.69) is 4.74 Å². The standard InChI is InChI=1S/C10H9NO4S/c1-15-10(12)6-5-16(13,14)8-4-2-3-7(11)9(6)8/h2-5H,11H2,1H3. The van der Waals surface area contributed by atoms with E-state index < -0.39 is 15.8 Å². The summed E-state index contributed by atoms with van der Waals surface area (Å²) in [6.07, 6.45) is 0. The van der Waals surface area contributed by atoms with Gasteiger partial charge in [0.1, 0.15) is 0 Å². The van der Waals surface area contributed by atoms with Crippen molar-refractivity contribution in [3.05, 3.63) is 29.2 Å². The molecule has 0 saturated carbocycles. The molecule has 0 fully saturated rings. The minimum absolute atomic E-state index is 0.0180. The number of benzene rings is 1. The number of fused-ring (bicyclic) bond motifs is 1. The van der Waals surface area contributed by atoms with Gasteiger partial charge >= 0.3 is 5.97 Å². The van der Waals surface area contributed by atoms with Crippen molar-refractivity contribution in [2.24, 2.45) is 0 Å². The molecule has 0 amide bonds. The number of hydrogen-bond acceptors (Lipinski definition) is 5. The molecule has 2 rings (SSSR count). The second-order valence-corrected chi connectivity index (χ2v) is 5.05. The van der Waals surface area contributed by atoms with Gasteiger partial charge in [-0.1, -0.05) is 6.07 Å². The second kappa shape index (κ2) is 3.34. The van der Waals surface area contributed by atoms with E-state index in [-0.39, 0.29) is 21.7 Å². The summed E-state index contributed by atoms with van der Waals surface area (Å²) in [4.78, 5) is 11.5. The molecule has 2 N–H and O–H groups in total. The van der Waals surface area contributed by atoms with Gasteiger partial charge in [-0.3, -0.25) is 0 Å². The van der Waals surface area contributed by atoms with Gasteiger partial charge in [0.25, 0.3) is 0 Å². The Bertz CT molecular complexity index is 601. The molecule has 0 saturated heterocycles. The van der Waals surface area contributed by atoms with Crippen molar-refractivity contribution in [2.75, 3.05) is 12.8 Å². The third-order valence-electron chi connectivity index (χ3n) is 2.31. The van der Waals surface area contributed by atoms with E-state index in [9.17, 15) is 13.2 Å². The number of nitrogen functional groups attached to an aromatic ring is 1. The Balaban J connectivity index is 2.77. The lowest BCUT2D eigenvalue weighted by Crippen LogP contribution is -2.04. The first-order chi connectivity index (χ1) is 7.47. The zero-order valence-electron chi connectivity index (χ0n) is 8.43. The molecule has 6 heteroatoms. The summed E-state index contributed by atoms with van der Waals surface area (Å²) in [5.74, 6) is -0.708. The number of rotatable bonds is 1. The molecule has 16 heavy (non-hydrogen) atoms. The summed E-state index contributed by atoms with van der Waals surface area (Å²) in [6.45, 7) is 0. The molecular formula is C10H9NO4S. The number of esters is 1. The fourth-order valence-electron chi connectivity index (χ4n) is 1.61. The highest BCUT2D eigenvalue weighted by Gasteiger charge is 2.32. The summed E-state index contributed by atoms with van der Waals surface area (Å²) in [6, 6.07) is 4.48. The topological polar surface area (TPSA) is 86.5 Å². The van der Waals surface area contributed by atoms with Crippen molar-refractivity contribution in [1.82, 2.24) is 0 Å². The number of methoxy groups -OCH3 is 1. The number of sulfone groups is 1. The Hall–Kier alpha value is -1.82. The minimum atomic E-state index is -3.58. The van der Waals surface area contributed by atoms with E-state index in [1.165, 1.54) is 25.3 Å². The van der Waals surface area contributed by atoms with Crippen LogP contribution in [0.4, 0.5) is 5.69 Å². The van der Waals surface area contributed by atoms with Crippen LogP contribution in [0.15, 0.2) is 28.5 Å². The predicted molar refractivity (Wildman–Crippen MR) is 58.0 cm³/mol. The molecule has 5 nitrogen and oxygen atoms in total. The summed E-state index contributed by atoms with van der Waals surface area (Å²) in [5, 5.41) is 0.889. The SMILES string of the molecule is COC(=O)C1=CS(=O)(=O)c2cccc(N)c21. The highest BCUT2D eigenvalue weighted by molar-refractivity contribution is 7.95. The van der Waals surface area contributed by atoms with Crippen molar-refractivity contribution in [1.29, 1.82) is 0 Å². The molecule has 0 radical (unpaired) electrons. The van der Waals surface area contributed by atoms with Crippen molar-refractivity contribution in [3.63, 3.8) is 0 Å². The molecule has 0 unspecified atom stereocenters. The van der Waals surface area contributed by atoms with Gasteiger partial charge in [0.15, 0.2) is 0 Å². The average molecular weight is 239 g/mol. The Morgan fingerprint density at radius 3 is 2.69 bits per heavy atom. The molecule has 1 aromatic rings. The Morgan fingerprint density at radius 1 is 1.38 bits per heavy atom. The molecule has 0 spiro atoms. The van der Waals surface area contributed by atoms with Gasteiger partial charge < -0.3 is 10.5 Å². The number of carbonyl (C=O) groups excluding carboxylic acids is 1. The maximum Gasteiger partial charge on any atom is 0.339 e. The van der Waals surface area contributed by atoms with Crippen LogP contribution in [0.5, 0.6) is 0 Å². The maximum absolute atomic E-state index is 11.7. The van der Waals surface area contributed by atoms with E-state index in [4.69, 9.17) is 5.73 Å². The van der Waals surface area contributed by atoms with Crippen LogP contribution in [0.2, 0.25) is 0 Å². The highest BCUT2D eigenvalue weighted by atomic mass is 32.2. The summed E-state index contributed by atoms with van der Waals surface area (Å²) >= 11 is 0. The number of anilines is 1. The number of hydrogen-bond donors (Lipinski definition) is 1. The number of carbonyl (C=O) groups is 1. The summed E-state index contributed by atoms with van der Waals surface area (Å²) in [5.41, 5.74) is 6.12. The van der Waals surface area contributed by atoms with Gasteiger partial charge in [-0.25, -0.2) is 13.2 Å². The fraction of sp³-hybridized carbons (Fsp3) is 0.100.